The molecule has 0 bridgehead atoms. The molecule has 1 N–H and O–H groups in total. The van der Waals surface area contributed by atoms with E-state index in [4.69, 9.17) is 0 Å². The van der Waals surface area contributed by atoms with Crippen molar-refractivity contribution in [1.29, 1.82) is 0 Å². The molecule has 0 spiro atoms. The van der Waals surface area contributed by atoms with Crippen LogP contribution in [0.15, 0.2) is 54.6 Å². The molecule has 1 saturated heterocycles. The van der Waals surface area contributed by atoms with Crippen molar-refractivity contribution < 1.29 is 9.59 Å². The number of likely N-dealkylation sites (tertiary alicyclic amines) is 1. The van der Waals surface area contributed by atoms with Gasteiger partial charge in [-0.25, -0.2) is 4.68 Å². The molecule has 32 heavy (non-hydrogen) atoms. The summed E-state index contributed by atoms with van der Waals surface area (Å²) in [6.45, 7) is 7.19. The van der Waals surface area contributed by atoms with E-state index in [2.05, 4.69) is 27.4 Å². The molecule has 0 atom stereocenters. The molecule has 0 unspecified atom stereocenters. The number of piperidine rings is 1. The number of nitrogens with zero attached hydrogens (tertiary/aromatic N) is 3. The Kier molecular flexibility index (Phi) is 6.81. The molecule has 0 aliphatic carbocycles. The Bertz CT molecular complexity index is 1080. The number of aromatic nitrogens is 2. The zero-order valence-corrected chi connectivity index (χ0v) is 18.8. The molecule has 2 aromatic carbocycles. The van der Waals surface area contributed by atoms with Gasteiger partial charge in [0.15, 0.2) is 0 Å². The van der Waals surface area contributed by atoms with E-state index < -0.39 is 11.7 Å². The van der Waals surface area contributed by atoms with Crippen LogP contribution in [-0.2, 0) is 17.9 Å². The van der Waals surface area contributed by atoms with E-state index in [1.807, 2.05) is 49.4 Å². The number of para-hydroxylation sites is 1. The monoisotopic (exact) mass is 430 g/mol. The summed E-state index contributed by atoms with van der Waals surface area (Å²) in [5.41, 5.74) is 4.68. The highest BCUT2D eigenvalue weighted by Crippen LogP contribution is 2.19. The van der Waals surface area contributed by atoms with E-state index in [0.717, 1.165) is 17.8 Å². The fourth-order valence-corrected chi connectivity index (χ4v) is 4.31. The first-order valence-electron chi connectivity index (χ1n) is 11.3. The van der Waals surface area contributed by atoms with Crippen LogP contribution in [0.25, 0.3) is 5.69 Å². The lowest BCUT2D eigenvalue weighted by molar-refractivity contribution is -0.117. The van der Waals surface area contributed by atoms with Crippen molar-refractivity contribution in [3.8, 4) is 5.69 Å². The van der Waals surface area contributed by atoms with Gasteiger partial charge in [0, 0.05) is 13.1 Å². The van der Waals surface area contributed by atoms with E-state index in [9.17, 15) is 9.59 Å². The second-order valence-corrected chi connectivity index (χ2v) is 8.46. The molecule has 1 amide bonds. The van der Waals surface area contributed by atoms with Crippen LogP contribution in [-0.4, -0.2) is 39.5 Å². The third kappa shape index (κ3) is 4.97. The summed E-state index contributed by atoms with van der Waals surface area (Å²) in [6, 6.07) is 17.9. The van der Waals surface area contributed by atoms with Gasteiger partial charge in [-0.3, -0.25) is 14.5 Å². The van der Waals surface area contributed by atoms with Crippen molar-refractivity contribution in [1.82, 2.24) is 20.0 Å². The molecule has 1 aromatic heterocycles. The molecular weight excluding hydrogens is 400 g/mol. The Balaban J connectivity index is 1.37. The van der Waals surface area contributed by atoms with Crippen molar-refractivity contribution in [3.05, 3.63) is 82.7 Å². The average molecular weight is 431 g/mol. The normalized spacial score (nSPS) is 14.3. The predicted octanol–water partition coefficient (Wildman–Crippen LogP) is 3.97. The Labute approximate surface area is 189 Å². The average Bonchev–Trinajstić information content (AvgIpc) is 3.13. The van der Waals surface area contributed by atoms with E-state index in [1.54, 1.807) is 11.6 Å². The number of nitrogens with one attached hydrogen (secondary N) is 1. The number of benzene rings is 2. The second kappa shape index (κ2) is 9.92. The number of aryl methyl sites for hydroxylation is 1. The molecule has 0 saturated carbocycles. The van der Waals surface area contributed by atoms with Crippen LogP contribution in [0, 0.1) is 13.8 Å². The van der Waals surface area contributed by atoms with Crippen LogP contribution >= 0.6 is 0 Å². The van der Waals surface area contributed by atoms with Crippen LogP contribution in [0.3, 0.4) is 0 Å². The third-order valence-electron chi connectivity index (χ3n) is 6.06. The van der Waals surface area contributed by atoms with Crippen molar-refractivity contribution >= 4 is 11.7 Å². The molecule has 0 radical (unpaired) electrons. The fraction of sp³-hybridized carbons (Fsp3) is 0.346. The highest BCUT2D eigenvalue weighted by Gasteiger charge is 2.24. The number of Topliss-reactive ketones (excluding diaryl/α,β-unsaturated/α-hetero) is 1. The first-order valence-corrected chi connectivity index (χ1v) is 11.3. The van der Waals surface area contributed by atoms with Gasteiger partial charge in [0.1, 0.15) is 0 Å². The van der Waals surface area contributed by atoms with Gasteiger partial charge in [-0.15, -0.1) is 0 Å². The first kappa shape index (κ1) is 22.0. The number of hydrogen-bond acceptors (Lipinski definition) is 4. The standard InChI is InChI=1S/C26H30N4O2/c1-19-24(20(2)30(28-19)23-9-5-3-6-10-23)25(31)26(32)27-17-21-11-13-22(14-12-21)18-29-15-7-4-8-16-29/h3,5-6,9-14H,4,7-8,15-18H2,1-2H3,(H,27,32). The summed E-state index contributed by atoms with van der Waals surface area (Å²) in [6.07, 6.45) is 3.89. The summed E-state index contributed by atoms with van der Waals surface area (Å²) in [5.74, 6) is -1.16. The highest BCUT2D eigenvalue weighted by molar-refractivity contribution is 6.43. The number of carbonyl (C=O) groups is 2. The maximum atomic E-state index is 12.9. The molecule has 6 nitrogen and oxygen atoms in total. The maximum Gasteiger partial charge on any atom is 0.292 e. The quantitative estimate of drug-likeness (QED) is 0.455. The van der Waals surface area contributed by atoms with E-state index in [0.29, 0.717) is 23.5 Å². The molecule has 6 heteroatoms. The molecule has 1 fully saturated rings. The van der Waals surface area contributed by atoms with Crippen molar-refractivity contribution in [3.63, 3.8) is 0 Å². The van der Waals surface area contributed by atoms with Gasteiger partial charge >= 0.3 is 0 Å². The summed E-state index contributed by atoms with van der Waals surface area (Å²) >= 11 is 0. The lowest BCUT2D eigenvalue weighted by Gasteiger charge is -2.26. The van der Waals surface area contributed by atoms with Gasteiger partial charge in [0.05, 0.1) is 22.6 Å². The fourth-order valence-electron chi connectivity index (χ4n) is 4.31. The van der Waals surface area contributed by atoms with Crippen LogP contribution in [0.5, 0.6) is 0 Å². The summed E-state index contributed by atoms with van der Waals surface area (Å²) in [5, 5.41) is 7.24. The summed E-state index contributed by atoms with van der Waals surface area (Å²) in [7, 11) is 0. The zero-order chi connectivity index (χ0) is 22.5. The molecule has 1 aliphatic rings. The molecule has 4 rings (SSSR count). The van der Waals surface area contributed by atoms with E-state index in [-0.39, 0.29) is 0 Å². The smallest absolute Gasteiger partial charge is 0.292 e. The topological polar surface area (TPSA) is 67.2 Å². The number of rotatable bonds is 7. The Morgan fingerprint density at radius 3 is 2.25 bits per heavy atom. The Hall–Kier alpha value is -3.25. The Morgan fingerprint density at radius 2 is 1.56 bits per heavy atom. The SMILES string of the molecule is Cc1nn(-c2ccccc2)c(C)c1C(=O)C(=O)NCc1ccc(CN2CCCCC2)cc1. The minimum atomic E-state index is -0.610. The van der Waals surface area contributed by atoms with Gasteiger partial charge in [-0.1, -0.05) is 48.9 Å². The number of ketones is 1. The van der Waals surface area contributed by atoms with Gasteiger partial charge in [-0.05, 0) is 63.0 Å². The van der Waals surface area contributed by atoms with Crippen LogP contribution in [0.1, 0.15) is 52.1 Å². The minimum absolute atomic E-state index is 0.319. The van der Waals surface area contributed by atoms with Crippen LogP contribution < -0.4 is 5.32 Å². The zero-order valence-electron chi connectivity index (χ0n) is 18.8. The Morgan fingerprint density at radius 1 is 0.906 bits per heavy atom. The number of amides is 1. The van der Waals surface area contributed by atoms with Crippen LogP contribution in [0.4, 0.5) is 0 Å². The van der Waals surface area contributed by atoms with E-state index >= 15 is 0 Å². The van der Waals surface area contributed by atoms with Crippen molar-refractivity contribution in [2.24, 2.45) is 0 Å². The lowest BCUT2D eigenvalue weighted by atomic mass is 10.1. The molecule has 3 aromatic rings. The third-order valence-corrected chi connectivity index (χ3v) is 6.06. The number of carbonyl (C=O) groups excluding carboxylic acids is 2. The molecular formula is C26H30N4O2. The molecule has 1 aliphatic heterocycles. The van der Waals surface area contributed by atoms with E-state index in [1.165, 1.54) is 37.9 Å². The van der Waals surface area contributed by atoms with Crippen LogP contribution in [0.2, 0.25) is 0 Å². The largest absolute Gasteiger partial charge is 0.345 e. The molecule has 166 valence electrons. The highest BCUT2D eigenvalue weighted by atomic mass is 16.2. The van der Waals surface area contributed by atoms with Crippen molar-refractivity contribution in [2.75, 3.05) is 13.1 Å². The maximum absolute atomic E-state index is 12.9. The predicted molar refractivity (Wildman–Crippen MR) is 125 cm³/mol. The summed E-state index contributed by atoms with van der Waals surface area (Å²) in [4.78, 5) is 27.9. The van der Waals surface area contributed by atoms with Gasteiger partial charge in [-0.2, -0.15) is 5.10 Å². The van der Waals surface area contributed by atoms with Crippen molar-refractivity contribution in [2.45, 2.75) is 46.2 Å². The number of hydrogen-bond donors (Lipinski definition) is 1. The first-order chi connectivity index (χ1) is 15.5. The van der Waals surface area contributed by atoms with Gasteiger partial charge in [0.25, 0.3) is 11.7 Å². The minimum Gasteiger partial charge on any atom is -0.345 e. The molecule has 2 heterocycles. The second-order valence-electron chi connectivity index (χ2n) is 8.46. The van der Waals surface area contributed by atoms with Gasteiger partial charge < -0.3 is 5.32 Å². The summed E-state index contributed by atoms with van der Waals surface area (Å²) < 4.78 is 1.71. The lowest BCUT2D eigenvalue weighted by Crippen LogP contribution is -2.31. The van der Waals surface area contributed by atoms with Gasteiger partial charge in [0.2, 0.25) is 0 Å².